The second-order valence-electron chi connectivity index (χ2n) is 7.03. The van der Waals surface area contributed by atoms with Gasteiger partial charge in [0.15, 0.2) is 0 Å². The molecule has 0 fully saturated rings. The van der Waals surface area contributed by atoms with Crippen molar-refractivity contribution in [3.8, 4) is 0 Å². The molecule has 0 bridgehead atoms. The minimum absolute atomic E-state index is 0.187. The van der Waals surface area contributed by atoms with E-state index < -0.39 is 5.97 Å². The van der Waals surface area contributed by atoms with Crippen molar-refractivity contribution in [1.29, 1.82) is 0 Å². The molecule has 0 radical (unpaired) electrons. The molecule has 4 aromatic rings. The van der Waals surface area contributed by atoms with Crippen LogP contribution in [0.15, 0.2) is 60.9 Å². The highest BCUT2D eigenvalue weighted by molar-refractivity contribution is 7.18. The van der Waals surface area contributed by atoms with Crippen LogP contribution in [0.3, 0.4) is 0 Å². The second kappa shape index (κ2) is 8.93. The molecule has 8 heteroatoms. The van der Waals surface area contributed by atoms with Gasteiger partial charge in [-0.05, 0) is 48.4 Å². The Morgan fingerprint density at radius 2 is 1.58 bits per heavy atom. The Kier molecular flexibility index (Phi) is 5.90. The molecular formula is C23H20N4O3S. The predicted octanol–water partition coefficient (Wildman–Crippen LogP) is 4.24. The van der Waals surface area contributed by atoms with Crippen molar-refractivity contribution in [2.75, 3.05) is 5.32 Å². The summed E-state index contributed by atoms with van der Waals surface area (Å²) < 4.78 is 0. The summed E-state index contributed by atoms with van der Waals surface area (Å²) in [4.78, 5) is 34.1. The molecule has 7 nitrogen and oxygen atoms in total. The van der Waals surface area contributed by atoms with E-state index in [4.69, 9.17) is 5.11 Å². The minimum atomic E-state index is -0.972. The van der Waals surface area contributed by atoms with Crippen LogP contribution in [0.25, 0.3) is 10.2 Å². The number of hydrogen-bond acceptors (Lipinski definition) is 6. The number of aromatic carboxylic acids is 1. The first-order chi connectivity index (χ1) is 15.0. The standard InChI is InChI=1S/C23H20N4O3S/c1-14-10-19-20(26-13-27-22(19)31-14)24-11-15-2-6-17(7-3-15)21(28)25-12-16-4-8-18(9-5-16)23(29)30/h2-10,13H,11-12H2,1H3,(H,25,28)(H,29,30)(H,24,26,27). The summed E-state index contributed by atoms with van der Waals surface area (Å²) in [6.45, 7) is 2.95. The maximum absolute atomic E-state index is 12.4. The van der Waals surface area contributed by atoms with Crippen molar-refractivity contribution < 1.29 is 14.7 Å². The van der Waals surface area contributed by atoms with Crippen LogP contribution in [-0.4, -0.2) is 27.0 Å². The number of nitrogens with one attached hydrogen (secondary N) is 2. The summed E-state index contributed by atoms with van der Waals surface area (Å²) in [5.74, 6) is -0.363. The van der Waals surface area contributed by atoms with Gasteiger partial charge in [-0.1, -0.05) is 24.3 Å². The number of benzene rings is 2. The first-order valence-corrected chi connectivity index (χ1v) is 10.5. The third kappa shape index (κ3) is 4.87. The number of amides is 1. The van der Waals surface area contributed by atoms with E-state index in [0.29, 0.717) is 18.7 Å². The smallest absolute Gasteiger partial charge is 0.335 e. The van der Waals surface area contributed by atoms with Gasteiger partial charge in [0.25, 0.3) is 5.91 Å². The molecule has 31 heavy (non-hydrogen) atoms. The van der Waals surface area contributed by atoms with Crippen molar-refractivity contribution in [1.82, 2.24) is 15.3 Å². The van der Waals surface area contributed by atoms with Gasteiger partial charge in [-0.2, -0.15) is 0 Å². The highest BCUT2D eigenvalue weighted by Crippen LogP contribution is 2.27. The van der Waals surface area contributed by atoms with Gasteiger partial charge in [-0.15, -0.1) is 11.3 Å². The van der Waals surface area contributed by atoms with E-state index >= 15 is 0 Å². The Labute approximate surface area is 182 Å². The molecule has 0 unspecified atom stereocenters. The van der Waals surface area contributed by atoms with Gasteiger partial charge in [-0.25, -0.2) is 14.8 Å². The fourth-order valence-corrected chi connectivity index (χ4v) is 3.97. The number of aryl methyl sites for hydroxylation is 1. The van der Waals surface area contributed by atoms with Gasteiger partial charge in [0, 0.05) is 23.5 Å². The topological polar surface area (TPSA) is 104 Å². The van der Waals surface area contributed by atoms with Crippen LogP contribution in [0.1, 0.15) is 36.7 Å². The number of carboxylic acid groups (broad SMARTS) is 1. The lowest BCUT2D eigenvalue weighted by Gasteiger charge is -2.08. The number of carboxylic acids is 1. The lowest BCUT2D eigenvalue weighted by atomic mass is 10.1. The summed E-state index contributed by atoms with van der Waals surface area (Å²) >= 11 is 1.64. The number of rotatable bonds is 7. The monoisotopic (exact) mass is 432 g/mol. The molecule has 0 saturated carbocycles. The third-order valence-electron chi connectivity index (χ3n) is 4.78. The largest absolute Gasteiger partial charge is 0.478 e. The average molecular weight is 433 g/mol. The molecular weight excluding hydrogens is 412 g/mol. The highest BCUT2D eigenvalue weighted by Gasteiger charge is 2.09. The van der Waals surface area contributed by atoms with E-state index in [-0.39, 0.29) is 11.5 Å². The second-order valence-corrected chi connectivity index (χ2v) is 8.27. The van der Waals surface area contributed by atoms with E-state index in [1.807, 2.05) is 19.1 Å². The van der Waals surface area contributed by atoms with Crippen LogP contribution in [0.5, 0.6) is 0 Å². The summed E-state index contributed by atoms with van der Waals surface area (Å²) in [7, 11) is 0. The first-order valence-electron chi connectivity index (χ1n) is 9.64. The fraction of sp³-hybridized carbons (Fsp3) is 0.130. The first kappa shape index (κ1) is 20.5. The number of hydrogen-bond donors (Lipinski definition) is 3. The van der Waals surface area contributed by atoms with Crippen LogP contribution >= 0.6 is 11.3 Å². The zero-order valence-corrected chi connectivity index (χ0v) is 17.6. The lowest BCUT2D eigenvalue weighted by Crippen LogP contribution is -2.22. The van der Waals surface area contributed by atoms with Crippen molar-refractivity contribution in [2.45, 2.75) is 20.0 Å². The van der Waals surface area contributed by atoms with Crippen molar-refractivity contribution in [2.24, 2.45) is 0 Å². The van der Waals surface area contributed by atoms with Crippen LogP contribution in [0.2, 0.25) is 0 Å². The number of nitrogens with zero attached hydrogens (tertiary/aromatic N) is 2. The molecule has 0 atom stereocenters. The van der Waals surface area contributed by atoms with Crippen molar-refractivity contribution >= 4 is 39.2 Å². The molecule has 0 spiro atoms. The SMILES string of the molecule is Cc1cc2c(NCc3ccc(C(=O)NCc4ccc(C(=O)O)cc4)cc3)ncnc2s1. The number of carbonyl (C=O) groups excluding carboxylic acids is 1. The Hall–Kier alpha value is -3.78. The maximum atomic E-state index is 12.4. The minimum Gasteiger partial charge on any atom is -0.478 e. The molecule has 2 aromatic heterocycles. The Morgan fingerprint density at radius 1 is 0.935 bits per heavy atom. The zero-order chi connectivity index (χ0) is 21.8. The summed E-state index contributed by atoms with van der Waals surface area (Å²) in [5, 5.41) is 16.1. The molecule has 2 aromatic carbocycles. The van der Waals surface area contributed by atoms with E-state index in [1.54, 1.807) is 41.9 Å². The van der Waals surface area contributed by atoms with E-state index in [2.05, 4.69) is 26.7 Å². The Morgan fingerprint density at radius 3 is 2.26 bits per heavy atom. The molecule has 0 saturated heterocycles. The third-order valence-corrected chi connectivity index (χ3v) is 5.74. The summed E-state index contributed by atoms with van der Waals surface area (Å²) in [6.07, 6.45) is 1.56. The zero-order valence-electron chi connectivity index (χ0n) is 16.8. The van der Waals surface area contributed by atoms with Gasteiger partial charge >= 0.3 is 5.97 Å². The molecule has 0 aliphatic carbocycles. The molecule has 4 rings (SSSR count). The number of thiophene rings is 1. The molecule has 3 N–H and O–H groups in total. The molecule has 0 aliphatic heterocycles. The van der Waals surface area contributed by atoms with Crippen molar-refractivity contribution in [3.63, 3.8) is 0 Å². The van der Waals surface area contributed by atoms with E-state index in [0.717, 1.165) is 27.2 Å². The normalized spacial score (nSPS) is 10.7. The van der Waals surface area contributed by atoms with Crippen LogP contribution in [0, 0.1) is 6.92 Å². The van der Waals surface area contributed by atoms with Gasteiger partial charge < -0.3 is 15.7 Å². The fourth-order valence-electron chi connectivity index (χ4n) is 3.13. The molecule has 2 heterocycles. The van der Waals surface area contributed by atoms with Crippen LogP contribution < -0.4 is 10.6 Å². The van der Waals surface area contributed by atoms with Crippen LogP contribution in [-0.2, 0) is 13.1 Å². The summed E-state index contributed by atoms with van der Waals surface area (Å²) in [5.41, 5.74) is 2.64. The van der Waals surface area contributed by atoms with E-state index in [9.17, 15) is 9.59 Å². The van der Waals surface area contributed by atoms with Gasteiger partial charge in [0.1, 0.15) is 17.0 Å². The van der Waals surface area contributed by atoms with Gasteiger partial charge in [0.05, 0.1) is 10.9 Å². The summed E-state index contributed by atoms with van der Waals surface area (Å²) in [6, 6.07) is 15.9. The van der Waals surface area contributed by atoms with Gasteiger partial charge in [0.2, 0.25) is 0 Å². The average Bonchev–Trinajstić information content (AvgIpc) is 3.17. The number of aromatic nitrogens is 2. The predicted molar refractivity (Wildman–Crippen MR) is 120 cm³/mol. The quantitative estimate of drug-likeness (QED) is 0.404. The van der Waals surface area contributed by atoms with Gasteiger partial charge in [-0.3, -0.25) is 4.79 Å². The highest BCUT2D eigenvalue weighted by atomic mass is 32.1. The lowest BCUT2D eigenvalue weighted by molar-refractivity contribution is 0.0696. The Balaban J connectivity index is 1.34. The van der Waals surface area contributed by atoms with Crippen molar-refractivity contribution in [3.05, 3.63) is 88.1 Å². The molecule has 1 amide bonds. The molecule has 0 aliphatic rings. The maximum Gasteiger partial charge on any atom is 0.335 e. The number of anilines is 1. The Bertz CT molecular complexity index is 1230. The number of carbonyl (C=O) groups is 2. The van der Waals surface area contributed by atoms with Crippen LogP contribution in [0.4, 0.5) is 5.82 Å². The molecule has 156 valence electrons. The van der Waals surface area contributed by atoms with E-state index in [1.165, 1.54) is 17.0 Å². The number of fused-ring (bicyclic) bond motifs is 1.